The van der Waals surface area contributed by atoms with Gasteiger partial charge in [0.1, 0.15) is 11.2 Å². The van der Waals surface area contributed by atoms with E-state index < -0.39 is 0 Å². The first-order valence-corrected chi connectivity index (χ1v) is 16.2. The number of furan rings is 1. The van der Waals surface area contributed by atoms with Crippen molar-refractivity contribution >= 4 is 108 Å². The maximum Gasteiger partial charge on any atom is 0.137 e. The zero-order chi connectivity index (χ0) is 29.2. The second-order valence-corrected chi connectivity index (χ2v) is 13.1. The van der Waals surface area contributed by atoms with Gasteiger partial charge in [-0.3, -0.25) is 0 Å². The molecular formula is C42H23NOS. The number of para-hydroxylation sites is 2. The van der Waals surface area contributed by atoms with Gasteiger partial charge in [0.2, 0.25) is 0 Å². The van der Waals surface area contributed by atoms with Crippen molar-refractivity contribution in [2.75, 3.05) is 0 Å². The van der Waals surface area contributed by atoms with Gasteiger partial charge < -0.3 is 8.98 Å². The average molecular weight is 590 g/mol. The molecule has 11 aromatic rings. The Kier molecular flexibility index (Phi) is 4.49. The van der Waals surface area contributed by atoms with Crippen molar-refractivity contribution in [3.63, 3.8) is 0 Å². The molecule has 0 aliphatic carbocycles. The number of hydrogen-bond acceptors (Lipinski definition) is 2. The number of thiophene rings is 1. The van der Waals surface area contributed by atoms with E-state index in [0.717, 1.165) is 27.6 Å². The van der Waals surface area contributed by atoms with Crippen molar-refractivity contribution < 1.29 is 4.42 Å². The van der Waals surface area contributed by atoms with Crippen LogP contribution in [0.5, 0.6) is 0 Å². The summed E-state index contributed by atoms with van der Waals surface area (Å²) in [5.41, 5.74) is 5.39. The number of fused-ring (bicyclic) bond motifs is 18. The topological polar surface area (TPSA) is 18.1 Å². The first-order chi connectivity index (χ1) is 22.3. The summed E-state index contributed by atoms with van der Waals surface area (Å²) in [6, 6.07) is 50.8. The molecular weight excluding hydrogens is 567 g/mol. The second-order valence-electron chi connectivity index (χ2n) is 12.0. The highest BCUT2D eigenvalue weighted by Gasteiger charge is 2.24. The molecule has 0 aliphatic rings. The molecule has 0 spiro atoms. The van der Waals surface area contributed by atoms with Gasteiger partial charge in [0.15, 0.2) is 0 Å². The molecule has 3 heteroatoms. The van der Waals surface area contributed by atoms with E-state index in [1.165, 1.54) is 74.3 Å². The van der Waals surface area contributed by atoms with Crippen LogP contribution >= 0.6 is 11.3 Å². The quantitative estimate of drug-likeness (QED) is 0.174. The molecule has 0 N–H and O–H groups in total. The van der Waals surface area contributed by atoms with E-state index in [2.05, 4.69) is 138 Å². The highest BCUT2D eigenvalue weighted by Crippen LogP contribution is 2.51. The Morgan fingerprint density at radius 3 is 1.78 bits per heavy atom. The molecule has 0 unspecified atom stereocenters. The van der Waals surface area contributed by atoms with Crippen LogP contribution in [0.3, 0.4) is 0 Å². The Hall–Kier alpha value is -5.64. The first-order valence-electron chi connectivity index (χ1n) is 15.4. The lowest BCUT2D eigenvalue weighted by Gasteiger charge is -2.15. The molecule has 0 aliphatic heterocycles. The van der Waals surface area contributed by atoms with Gasteiger partial charge in [-0.15, -0.1) is 11.3 Å². The van der Waals surface area contributed by atoms with Crippen LogP contribution in [0.1, 0.15) is 0 Å². The summed E-state index contributed by atoms with van der Waals surface area (Å²) >= 11 is 1.91. The van der Waals surface area contributed by atoms with Crippen LogP contribution in [-0.4, -0.2) is 4.57 Å². The average Bonchev–Trinajstić information content (AvgIpc) is 3.77. The van der Waals surface area contributed by atoms with Gasteiger partial charge in [-0.25, -0.2) is 0 Å². The Bertz CT molecular complexity index is 3050. The number of rotatable bonds is 1. The highest BCUT2D eigenvalue weighted by molar-refractivity contribution is 7.27. The Balaban J connectivity index is 1.46. The number of benzene rings is 8. The van der Waals surface area contributed by atoms with Crippen LogP contribution in [0, 0.1) is 0 Å². The molecule has 0 radical (unpaired) electrons. The third-order valence-corrected chi connectivity index (χ3v) is 10.9. The summed E-state index contributed by atoms with van der Waals surface area (Å²) in [5.74, 6) is 0. The summed E-state index contributed by atoms with van der Waals surface area (Å²) < 4.78 is 11.5. The smallest absolute Gasteiger partial charge is 0.137 e. The normalized spacial score (nSPS) is 12.4. The predicted octanol–water partition coefficient (Wildman–Crippen LogP) is 12.5. The van der Waals surface area contributed by atoms with Crippen molar-refractivity contribution in [1.82, 2.24) is 4.57 Å². The summed E-state index contributed by atoms with van der Waals surface area (Å²) in [7, 11) is 0. The minimum absolute atomic E-state index is 0.907. The minimum Gasteiger partial charge on any atom is -0.456 e. The lowest BCUT2D eigenvalue weighted by molar-refractivity contribution is 0.668. The maximum absolute atomic E-state index is 6.42. The predicted molar refractivity (Wildman–Crippen MR) is 193 cm³/mol. The fraction of sp³-hybridized carbons (Fsp3) is 0. The van der Waals surface area contributed by atoms with Gasteiger partial charge in [-0.2, -0.15) is 0 Å². The summed E-state index contributed by atoms with van der Waals surface area (Å²) in [4.78, 5) is 0. The molecule has 45 heavy (non-hydrogen) atoms. The van der Waals surface area contributed by atoms with Crippen molar-refractivity contribution in [3.05, 3.63) is 140 Å². The van der Waals surface area contributed by atoms with E-state index in [1.54, 1.807) is 0 Å². The fourth-order valence-electron chi connectivity index (χ4n) is 7.95. The lowest BCUT2D eigenvalue weighted by atomic mass is 9.89. The van der Waals surface area contributed by atoms with Crippen molar-refractivity contribution in [2.45, 2.75) is 0 Å². The third-order valence-electron chi connectivity index (χ3n) is 9.74. The molecule has 11 rings (SSSR count). The SMILES string of the molecule is c1ccc2c(c1)oc1cc(-n3c4ccccc4c4c5c6ccccc6c6ccccc6c5c5c6ccccc6sc5c43)ccc12. The van der Waals surface area contributed by atoms with Gasteiger partial charge >= 0.3 is 0 Å². The van der Waals surface area contributed by atoms with E-state index >= 15 is 0 Å². The van der Waals surface area contributed by atoms with Crippen LogP contribution in [0.4, 0.5) is 0 Å². The van der Waals surface area contributed by atoms with E-state index in [9.17, 15) is 0 Å². The van der Waals surface area contributed by atoms with Crippen LogP contribution in [0.15, 0.2) is 144 Å². The van der Waals surface area contributed by atoms with Crippen LogP contribution in [0.2, 0.25) is 0 Å². The van der Waals surface area contributed by atoms with Gasteiger partial charge in [-0.1, -0.05) is 103 Å². The number of aromatic nitrogens is 1. The monoisotopic (exact) mass is 589 g/mol. The molecule has 3 heterocycles. The van der Waals surface area contributed by atoms with Crippen LogP contribution < -0.4 is 0 Å². The van der Waals surface area contributed by atoms with Gasteiger partial charge in [0.05, 0.1) is 15.7 Å². The molecule has 0 atom stereocenters. The molecule has 208 valence electrons. The minimum atomic E-state index is 0.907. The fourth-order valence-corrected chi connectivity index (χ4v) is 9.20. The highest BCUT2D eigenvalue weighted by atomic mass is 32.1. The molecule has 8 aromatic carbocycles. The zero-order valence-corrected chi connectivity index (χ0v) is 24.9. The van der Waals surface area contributed by atoms with E-state index in [4.69, 9.17) is 4.42 Å². The molecule has 0 amide bonds. The third kappa shape index (κ3) is 2.98. The van der Waals surface area contributed by atoms with Crippen LogP contribution in [-0.2, 0) is 0 Å². The van der Waals surface area contributed by atoms with E-state index in [1.807, 2.05) is 17.4 Å². The second kappa shape index (κ2) is 8.50. The molecule has 0 saturated carbocycles. The van der Waals surface area contributed by atoms with Gasteiger partial charge in [0, 0.05) is 59.5 Å². The lowest BCUT2D eigenvalue weighted by Crippen LogP contribution is -1.94. The standard InChI is InChI=1S/C42H23NOS/c1-3-14-29-25(11-1)26-12-2-4-15-30(26)38-37(29)39-31-16-5-8-18-33(31)43(41(39)42-40(38)32-17-7-10-20-36(32)45-42)24-21-22-28-27-13-6-9-19-34(27)44-35(28)23-24/h1-23H. The van der Waals surface area contributed by atoms with Gasteiger partial charge in [-0.05, 0) is 51.9 Å². The maximum atomic E-state index is 6.42. The largest absolute Gasteiger partial charge is 0.456 e. The Morgan fingerprint density at radius 1 is 0.422 bits per heavy atom. The van der Waals surface area contributed by atoms with E-state index in [0.29, 0.717) is 0 Å². The van der Waals surface area contributed by atoms with Crippen molar-refractivity contribution in [2.24, 2.45) is 0 Å². The van der Waals surface area contributed by atoms with Crippen LogP contribution in [0.25, 0.3) is 102 Å². The molecule has 0 saturated heterocycles. The van der Waals surface area contributed by atoms with E-state index in [-0.39, 0.29) is 0 Å². The molecule has 2 nitrogen and oxygen atoms in total. The molecule has 3 aromatic heterocycles. The summed E-state index contributed by atoms with van der Waals surface area (Å²) in [6.45, 7) is 0. The molecule has 0 bridgehead atoms. The van der Waals surface area contributed by atoms with Crippen molar-refractivity contribution in [1.29, 1.82) is 0 Å². The number of hydrogen-bond donors (Lipinski definition) is 0. The Labute approximate surface area is 260 Å². The Morgan fingerprint density at radius 2 is 1.00 bits per heavy atom. The summed E-state index contributed by atoms with van der Waals surface area (Å²) in [6.07, 6.45) is 0. The number of nitrogens with zero attached hydrogens (tertiary/aromatic N) is 1. The molecule has 0 fully saturated rings. The zero-order valence-electron chi connectivity index (χ0n) is 24.0. The summed E-state index contributed by atoms with van der Waals surface area (Å²) in [5, 5.41) is 15.4. The van der Waals surface area contributed by atoms with Crippen molar-refractivity contribution in [3.8, 4) is 5.69 Å². The first kappa shape index (κ1) is 23.8. The van der Waals surface area contributed by atoms with Gasteiger partial charge in [0.25, 0.3) is 0 Å².